The van der Waals surface area contributed by atoms with Crippen molar-refractivity contribution in [2.75, 3.05) is 7.11 Å². The molecular weight excluding hydrogens is 398 g/mol. The van der Waals surface area contributed by atoms with Crippen molar-refractivity contribution in [1.29, 1.82) is 0 Å². The van der Waals surface area contributed by atoms with Crippen LogP contribution in [0.25, 0.3) is 11.0 Å². The van der Waals surface area contributed by atoms with Gasteiger partial charge in [0.2, 0.25) is 0 Å². The summed E-state index contributed by atoms with van der Waals surface area (Å²) in [6, 6.07) is 15.1. The number of hydrogen-bond acceptors (Lipinski definition) is 5. The summed E-state index contributed by atoms with van der Waals surface area (Å²) in [7, 11) is 1.64. The Kier molecular flexibility index (Phi) is 5.94. The van der Waals surface area contributed by atoms with Crippen LogP contribution in [0.5, 0.6) is 5.75 Å². The van der Waals surface area contributed by atoms with Gasteiger partial charge in [0.25, 0.3) is 0 Å². The summed E-state index contributed by atoms with van der Waals surface area (Å²) >= 11 is 1.57. The fourth-order valence-corrected chi connectivity index (χ4v) is 3.83. The van der Waals surface area contributed by atoms with E-state index in [0.717, 1.165) is 33.0 Å². The normalized spacial score (nSPS) is 11.9. The van der Waals surface area contributed by atoms with Crippen molar-refractivity contribution in [3.8, 4) is 5.75 Å². The molecule has 0 aliphatic heterocycles. The fraction of sp³-hybridized carbons (Fsp3) is 0.227. The van der Waals surface area contributed by atoms with Gasteiger partial charge in [-0.2, -0.15) is 0 Å². The first kappa shape index (κ1) is 19.9. The lowest BCUT2D eigenvalue weighted by Gasteiger charge is -2.17. The van der Waals surface area contributed by atoms with E-state index in [2.05, 4.69) is 25.6 Å². The number of aromatic nitrogens is 3. The van der Waals surface area contributed by atoms with E-state index in [9.17, 15) is 4.79 Å². The third-order valence-electron chi connectivity index (χ3n) is 4.74. The highest BCUT2D eigenvalue weighted by Gasteiger charge is 2.19. The molecule has 1 unspecified atom stereocenters. The van der Waals surface area contributed by atoms with Crippen molar-refractivity contribution in [3.05, 3.63) is 76.0 Å². The van der Waals surface area contributed by atoms with Gasteiger partial charge in [-0.15, -0.1) is 11.3 Å². The molecule has 0 fully saturated rings. The predicted molar refractivity (Wildman–Crippen MR) is 118 cm³/mol. The number of carbonyl (C=O) groups is 1. The zero-order valence-electron chi connectivity index (χ0n) is 16.8. The molecule has 0 radical (unpaired) electrons. The number of hydrogen-bond donors (Lipinski definition) is 3. The quantitative estimate of drug-likeness (QED) is 0.419. The number of carbonyl (C=O) groups excluding carboxylic acids is 1. The standard InChI is InChI=1S/C22H23N5O2S/c1-14-24-16(13-30-14)12-23-22(28)27-20(11-15-7-9-17(29-2)10-8-15)21-25-18-5-3-4-6-19(18)26-21/h3-10,13,20H,11-12H2,1-2H3,(H,25,26)(H2,23,27,28). The summed E-state index contributed by atoms with van der Waals surface area (Å²) in [6.07, 6.45) is 0.590. The number of nitrogens with zero attached hydrogens (tertiary/aromatic N) is 2. The second-order valence-electron chi connectivity index (χ2n) is 6.93. The molecule has 0 aliphatic carbocycles. The Morgan fingerprint density at radius 3 is 2.67 bits per heavy atom. The maximum atomic E-state index is 12.6. The Bertz CT molecular complexity index is 1100. The van der Waals surface area contributed by atoms with Crippen LogP contribution in [0.4, 0.5) is 4.79 Å². The average molecular weight is 422 g/mol. The second-order valence-corrected chi connectivity index (χ2v) is 7.99. The number of H-pyrrole nitrogens is 1. The first-order chi connectivity index (χ1) is 14.6. The number of thiazole rings is 1. The zero-order valence-corrected chi connectivity index (χ0v) is 17.6. The number of fused-ring (bicyclic) bond motifs is 1. The number of aryl methyl sites for hydroxylation is 1. The lowest BCUT2D eigenvalue weighted by atomic mass is 10.1. The van der Waals surface area contributed by atoms with Crippen molar-refractivity contribution in [3.63, 3.8) is 0 Å². The van der Waals surface area contributed by atoms with Crippen LogP contribution in [0.3, 0.4) is 0 Å². The fourth-order valence-electron chi connectivity index (χ4n) is 3.22. The topological polar surface area (TPSA) is 91.9 Å². The second kappa shape index (κ2) is 8.96. The van der Waals surface area contributed by atoms with Crippen molar-refractivity contribution in [2.24, 2.45) is 0 Å². The molecule has 2 amide bonds. The van der Waals surface area contributed by atoms with E-state index in [-0.39, 0.29) is 12.1 Å². The van der Waals surface area contributed by atoms with Crippen molar-refractivity contribution < 1.29 is 9.53 Å². The van der Waals surface area contributed by atoms with Crippen LogP contribution in [0, 0.1) is 6.92 Å². The van der Waals surface area contributed by atoms with Gasteiger partial charge in [0.05, 0.1) is 41.4 Å². The van der Waals surface area contributed by atoms with E-state index in [1.807, 2.05) is 60.8 Å². The number of ether oxygens (including phenoxy) is 1. The number of urea groups is 1. The van der Waals surface area contributed by atoms with E-state index in [1.54, 1.807) is 18.4 Å². The number of benzene rings is 2. The smallest absolute Gasteiger partial charge is 0.315 e. The van der Waals surface area contributed by atoms with Crippen molar-refractivity contribution in [1.82, 2.24) is 25.6 Å². The van der Waals surface area contributed by atoms with E-state index < -0.39 is 0 Å². The summed E-state index contributed by atoms with van der Waals surface area (Å²) in [5, 5.41) is 8.86. The molecule has 4 aromatic rings. The van der Waals surface area contributed by atoms with E-state index >= 15 is 0 Å². The van der Waals surface area contributed by atoms with E-state index in [4.69, 9.17) is 4.74 Å². The summed E-state index contributed by atoms with van der Waals surface area (Å²) in [5.74, 6) is 1.51. The SMILES string of the molecule is COc1ccc(CC(NC(=O)NCc2csc(C)n2)c2nc3ccccc3[nH]2)cc1. The molecule has 3 N–H and O–H groups in total. The van der Waals surface area contributed by atoms with Crippen LogP contribution >= 0.6 is 11.3 Å². The average Bonchev–Trinajstić information content (AvgIpc) is 3.38. The molecule has 0 saturated heterocycles. The summed E-state index contributed by atoms with van der Waals surface area (Å²) in [6.45, 7) is 2.33. The van der Waals surface area contributed by atoms with E-state index in [1.165, 1.54) is 0 Å². The molecule has 0 bridgehead atoms. The first-order valence-corrected chi connectivity index (χ1v) is 10.5. The van der Waals surface area contributed by atoms with Crippen LogP contribution in [-0.4, -0.2) is 28.1 Å². The molecule has 0 spiro atoms. The minimum Gasteiger partial charge on any atom is -0.497 e. The molecule has 0 saturated carbocycles. The Morgan fingerprint density at radius 1 is 1.17 bits per heavy atom. The lowest BCUT2D eigenvalue weighted by molar-refractivity contribution is 0.236. The molecular formula is C22H23N5O2S. The Morgan fingerprint density at radius 2 is 1.97 bits per heavy atom. The molecule has 30 heavy (non-hydrogen) atoms. The Labute approximate surface area is 178 Å². The molecule has 2 aromatic carbocycles. The van der Waals surface area contributed by atoms with Crippen LogP contribution in [0.15, 0.2) is 53.9 Å². The van der Waals surface area contributed by atoms with Crippen molar-refractivity contribution in [2.45, 2.75) is 25.9 Å². The van der Waals surface area contributed by atoms with Crippen LogP contribution in [-0.2, 0) is 13.0 Å². The number of methoxy groups -OCH3 is 1. The van der Waals surface area contributed by atoms with Gasteiger partial charge in [-0.05, 0) is 43.2 Å². The maximum absolute atomic E-state index is 12.6. The third-order valence-corrected chi connectivity index (χ3v) is 5.56. The number of para-hydroxylation sites is 2. The molecule has 7 nitrogen and oxygen atoms in total. The van der Waals surface area contributed by atoms with Crippen LogP contribution in [0.2, 0.25) is 0 Å². The van der Waals surface area contributed by atoms with Gasteiger partial charge < -0.3 is 20.4 Å². The molecule has 1 atom stereocenters. The highest BCUT2D eigenvalue weighted by molar-refractivity contribution is 7.09. The predicted octanol–water partition coefficient (Wildman–Crippen LogP) is 4.12. The minimum absolute atomic E-state index is 0.264. The molecule has 154 valence electrons. The molecule has 2 heterocycles. The van der Waals surface area contributed by atoms with Gasteiger partial charge >= 0.3 is 6.03 Å². The first-order valence-electron chi connectivity index (χ1n) is 9.63. The summed E-state index contributed by atoms with van der Waals surface area (Å²) in [5.41, 5.74) is 3.72. The van der Waals surface area contributed by atoms with E-state index in [0.29, 0.717) is 18.8 Å². The van der Waals surface area contributed by atoms with Gasteiger partial charge in [0.1, 0.15) is 11.6 Å². The highest BCUT2D eigenvalue weighted by Crippen LogP contribution is 2.21. The van der Waals surface area contributed by atoms with Gasteiger partial charge in [0, 0.05) is 5.38 Å². The number of aromatic amines is 1. The highest BCUT2D eigenvalue weighted by atomic mass is 32.1. The Hall–Kier alpha value is -3.39. The number of rotatable bonds is 7. The van der Waals surface area contributed by atoms with Crippen LogP contribution in [0.1, 0.15) is 28.1 Å². The largest absolute Gasteiger partial charge is 0.497 e. The van der Waals surface area contributed by atoms with Gasteiger partial charge in [0.15, 0.2) is 0 Å². The number of amides is 2. The monoisotopic (exact) mass is 421 g/mol. The summed E-state index contributed by atoms with van der Waals surface area (Å²) in [4.78, 5) is 25.0. The molecule has 2 aromatic heterocycles. The van der Waals surface area contributed by atoms with Gasteiger partial charge in [-0.25, -0.2) is 14.8 Å². The maximum Gasteiger partial charge on any atom is 0.315 e. The van der Waals surface area contributed by atoms with Crippen LogP contribution < -0.4 is 15.4 Å². The summed E-state index contributed by atoms with van der Waals surface area (Å²) < 4.78 is 5.24. The number of nitrogens with one attached hydrogen (secondary N) is 3. The molecule has 8 heteroatoms. The third kappa shape index (κ3) is 4.77. The van der Waals surface area contributed by atoms with Crippen molar-refractivity contribution >= 4 is 28.4 Å². The minimum atomic E-state index is -0.317. The molecule has 4 rings (SSSR count). The Balaban J connectivity index is 1.51. The van der Waals surface area contributed by atoms with Gasteiger partial charge in [-0.1, -0.05) is 24.3 Å². The number of imidazole rings is 1. The zero-order chi connectivity index (χ0) is 20.9. The molecule has 0 aliphatic rings. The van der Waals surface area contributed by atoms with Gasteiger partial charge in [-0.3, -0.25) is 0 Å². The lowest BCUT2D eigenvalue weighted by Crippen LogP contribution is -2.38.